The van der Waals surface area contributed by atoms with Crippen molar-refractivity contribution in [1.82, 2.24) is 9.80 Å². The van der Waals surface area contributed by atoms with E-state index in [0.717, 1.165) is 6.54 Å². The van der Waals surface area contributed by atoms with E-state index in [1.807, 2.05) is 0 Å². The molecule has 0 amide bonds. The molecule has 0 saturated carbocycles. The summed E-state index contributed by atoms with van der Waals surface area (Å²) in [5.74, 6) is 0. The highest BCUT2D eigenvalue weighted by Crippen LogP contribution is 2.32. The second-order valence-electron chi connectivity index (χ2n) is 6.89. The Morgan fingerprint density at radius 1 is 1.14 bits per heavy atom. The van der Waals surface area contributed by atoms with Crippen LogP contribution >= 0.6 is 0 Å². The van der Waals surface area contributed by atoms with Gasteiger partial charge in [0.25, 0.3) is 0 Å². The Bertz CT molecular complexity index is 473. The van der Waals surface area contributed by atoms with Crippen LogP contribution in [0.3, 0.4) is 0 Å². The highest BCUT2D eigenvalue weighted by molar-refractivity contribution is 5.32. The highest BCUT2D eigenvalue weighted by Gasteiger charge is 2.33. The molecule has 0 spiro atoms. The van der Waals surface area contributed by atoms with Crippen LogP contribution in [0, 0.1) is 0 Å². The summed E-state index contributed by atoms with van der Waals surface area (Å²) >= 11 is 0. The van der Waals surface area contributed by atoms with Crippen LogP contribution in [0.5, 0.6) is 0 Å². The van der Waals surface area contributed by atoms with E-state index < -0.39 is 0 Å². The molecule has 1 fully saturated rings. The molecular formula is C18H29N3. The average molecular weight is 287 g/mol. The van der Waals surface area contributed by atoms with Crippen molar-refractivity contribution in [2.75, 3.05) is 26.7 Å². The van der Waals surface area contributed by atoms with Crippen LogP contribution < -0.4 is 5.73 Å². The van der Waals surface area contributed by atoms with Gasteiger partial charge in [0.15, 0.2) is 0 Å². The zero-order valence-corrected chi connectivity index (χ0v) is 13.5. The Kier molecular flexibility index (Phi) is 4.63. The minimum atomic E-state index is 0.162. The highest BCUT2D eigenvalue weighted by atomic mass is 15.3. The lowest BCUT2D eigenvalue weighted by molar-refractivity contribution is 0.117. The predicted octanol–water partition coefficient (Wildman–Crippen LogP) is 2.42. The molecule has 3 atom stereocenters. The fraction of sp³-hybridized carbons (Fsp3) is 0.667. The number of benzene rings is 1. The van der Waals surface area contributed by atoms with Gasteiger partial charge in [-0.05, 0) is 57.3 Å². The normalized spacial score (nSPS) is 32.2. The SMILES string of the molecule is CC1CN(C)CCCN1C1CCCc2ccccc2C1N. The molecule has 3 heteroatoms. The third-order valence-electron chi connectivity index (χ3n) is 5.30. The molecule has 0 aromatic heterocycles. The number of rotatable bonds is 1. The van der Waals surface area contributed by atoms with Crippen molar-refractivity contribution in [1.29, 1.82) is 0 Å². The number of hydrogen-bond donors (Lipinski definition) is 1. The molecule has 3 nitrogen and oxygen atoms in total. The van der Waals surface area contributed by atoms with E-state index in [-0.39, 0.29) is 6.04 Å². The summed E-state index contributed by atoms with van der Waals surface area (Å²) < 4.78 is 0. The van der Waals surface area contributed by atoms with Crippen LogP contribution in [0.15, 0.2) is 24.3 Å². The third-order valence-corrected chi connectivity index (χ3v) is 5.30. The first kappa shape index (κ1) is 15.0. The summed E-state index contributed by atoms with van der Waals surface area (Å²) in [5.41, 5.74) is 9.56. The van der Waals surface area contributed by atoms with Crippen LogP contribution in [0.1, 0.15) is 43.4 Å². The predicted molar refractivity (Wildman–Crippen MR) is 88.4 cm³/mol. The molecule has 21 heavy (non-hydrogen) atoms. The van der Waals surface area contributed by atoms with Gasteiger partial charge in [-0.15, -0.1) is 0 Å². The van der Waals surface area contributed by atoms with E-state index in [4.69, 9.17) is 5.73 Å². The van der Waals surface area contributed by atoms with Crippen molar-refractivity contribution in [3.63, 3.8) is 0 Å². The molecule has 1 aromatic rings. The van der Waals surface area contributed by atoms with Gasteiger partial charge in [-0.2, -0.15) is 0 Å². The summed E-state index contributed by atoms with van der Waals surface area (Å²) in [6, 6.07) is 10.0. The molecule has 0 bridgehead atoms. The van der Waals surface area contributed by atoms with Crippen LogP contribution in [-0.4, -0.2) is 48.6 Å². The van der Waals surface area contributed by atoms with Crippen molar-refractivity contribution in [2.24, 2.45) is 5.73 Å². The number of nitrogens with zero attached hydrogens (tertiary/aromatic N) is 2. The Morgan fingerprint density at radius 3 is 2.81 bits per heavy atom. The molecule has 1 aliphatic heterocycles. The fourth-order valence-electron chi connectivity index (χ4n) is 4.23. The monoisotopic (exact) mass is 287 g/mol. The van der Waals surface area contributed by atoms with Crippen LogP contribution in [0.2, 0.25) is 0 Å². The van der Waals surface area contributed by atoms with Crippen LogP contribution in [0.25, 0.3) is 0 Å². The van der Waals surface area contributed by atoms with Gasteiger partial charge in [-0.3, -0.25) is 4.90 Å². The lowest BCUT2D eigenvalue weighted by Crippen LogP contribution is -2.49. The largest absolute Gasteiger partial charge is 0.323 e. The van der Waals surface area contributed by atoms with E-state index in [2.05, 4.69) is 48.0 Å². The molecule has 1 saturated heterocycles. The van der Waals surface area contributed by atoms with Gasteiger partial charge in [0.05, 0.1) is 0 Å². The van der Waals surface area contributed by atoms with Crippen LogP contribution in [-0.2, 0) is 6.42 Å². The zero-order valence-electron chi connectivity index (χ0n) is 13.5. The second-order valence-corrected chi connectivity index (χ2v) is 6.89. The molecule has 2 N–H and O–H groups in total. The first-order valence-electron chi connectivity index (χ1n) is 8.44. The Hall–Kier alpha value is -0.900. The minimum Gasteiger partial charge on any atom is -0.323 e. The number of nitrogens with two attached hydrogens (primary N) is 1. The molecule has 1 aliphatic carbocycles. The number of hydrogen-bond acceptors (Lipinski definition) is 3. The molecule has 1 aromatic carbocycles. The van der Waals surface area contributed by atoms with Gasteiger partial charge in [0.1, 0.15) is 0 Å². The Morgan fingerprint density at radius 2 is 1.95 bits per heavy atom. The topological polar surface area (TPSA) is 32.5 Å². The standard InChI is InChI=1S/C18H29N3/c1-14-13-20(2)11-6-12-21(14)17-10-5-8-15-7-3-4-9-16(15)18(17)19/h3-4,7,9,14,17-18H,5-6,8,10-13,19H2,1-2H3. The quantitative estimate of drug-likeness (QED) is 0.805. The summed E-state index contributed by atoms with van der Waals surface area (Å²) in [4.78, 5) is 5.15. The molecule has 116 valence electrons. The molecule has 2 aliphatic rings. The second kappa shape index (κ2) is 6.47. The maximum absolute atomic E-state index is 6.71. The Balaban J connectivity index is 1.84. The number of fused-ring (bicyclic) bond motifs is 1. The zero-order chi connectivity index (χ0) is 14.8. The number of likely N-dealkylation sites (N-methyl/N-ethyl adjacent to an activating group) is 1. The average Bonchev–Trinajstić information content (AvgIpc) is 2.73. The molecule has 3 unspecified atom stereocenters. The van der Waals surface area contributed by atoms with E-state index in [1.165, 1.54) is 49.9 Å². The van der Waals surface area contributed by atoms with Crippen molar-refractivity contribution in [3.05, 3.63) is 35.4 Å². The lowest BCUT2D eigenvalue weighted by Gasteiger charge is -2.38. The maximum Gasteiger partial charge on any atom is 0.0455 e. The Labute approximate surface area is 129 Å². The van der Waals surface area contributed by atoms with Crippen molar-refractivity contribution in [3.8, 4) is 0 Å². The molecule has 1 heterocycles. The van der Waals surface area contributed by atoms with Gasteiger partial charge in [-0.1, -0.05) is 24.3 Å². The fourth-order valence-corrected chi connectivity index (χ4v) is 4.23. The third kappa shape index (κ3) is 3.15. The van der Waals surface area contributed by atoms with E-state index in [9.17, 15) is 0 Å². The summed E-state index contributed by atoms with van der Waals surface area (Å²) in [6.45, 7) is 5.92. The molecular weight excluding hydrogens is 258 g/mol. The van der Waals surface area contributed by atoms with Crippen LogP contribution in [0.4, 0.5) is 0 Å². The molecule has 0 radical (unpaired) electrons. The van der Waals surface area contributed by atoms with Crippen molar-refractivity contribution >= 4 is 0 Å². The van der Waals surface area contributed by atoms with Crippen molar-refractivity contribution in [2.45, 2.75) is 50.7 Å². The summed E-state index contributed by atoms with van der Waals surface area (Å²) in [7, 11) is 2.24. The first-order chi connectivity index (χ1) is 10.2. The van der Waals surface area contributed by atoms with Crippen molar-refractivity contribution < 1.29 is 0 Å². The lowest BCUT2D eigenvalue weighted by atomic mass is 9.95. The molecule has 3 rings (SSSR count). The first-order valence-corrected chi connectivity index (χ1v) is 8.44. The van der Waals surface area contributed by atoms with Gasteiger partial charge in [-0.25, -0.2) is 0 Å². The number of aryl methyl sites for hydroxylation is 1. The van der Waals surface area contributed by atoms with Gasteiger partial charge >= 0.3 is 0 Å². The maximum atomic E-state index is 6.71. The smallest absolute Gasteiger partial charge is 0.0455 e. The van der Waals surface area contributed by atoms with Gasteiger partial charge in [0.2, 0.25) is 0 Å². The van der Waals surface area contributed by atoms with Gasteiger partial charge < -0.3 is 10.6 Å². The minimum absolute atomic E-state index is 0.162. The summed E-state index contributed by atoms with van der Waals surface area (Å²) in [5, 5.41) is 0. The van der Waals surface area contributed by atoms with E-state index in [0.29, 0.717) is 12.1 Å². The van der Waals surface area contributed by atoms with E-state index in [1.54, 1.807) is 0 Å². The van der Waals surface area contributed by atoms with E-state index >= 15 is 0 Å². The van der Waals surface area contributed by atoms with Gasteiger partial charge in [0, 0.05) is 31.2 Å². The summed E-state index contributed by atoms with van der Waals surface area (Å²) in [6.07, 6.45) is 4.92.